The average molecular weight is 513 g/mol. The van der Waals surface area contributed by atoms with Crippen molar-refractivity contribution in [1.29, 1.82) is 0 Å². The van der Waals surface area contributed by atoms with Crippen molar-refractivity contribution in [2.24, 2.45) is 16.8 Å². The molecule has 6 fully saturated rings. The molecular formula is C27H32N2O8. The number of rotatable bonds is 4. The Morgan fingerprint density at radius 3 is 2.76 bits per heavy atom. The lowest BCUT2D eigenvalue weighted by atomic mass is 9.66. The third kappa shape index (κ3) is 2.95. The van der Waals surface area contributed by atoms with Gasteiger partial charge in [0.05, 0.1) is 29.5 Å². The Morgan fingerprint density at radius 2 is 2.03 bits per heavy atom. The first-order chi connectivity index (χ1) is 17.8. The average Bonchev–Trinajstić information content (AvgIpc) is 3.36. The van der Waals surface area contributed by atoms with Crippen molar-refractivity contribution in [1.82, 2.24) is 4.90 Å². The Kier molecular flexibility index (Phi) is 5.27. The summed E-state index contributed by atoms with van der Waals surface area (Å²) in [5, 5.41) is 40.9. The van der Waals surface area contributed by atoms with Crippen LogP contribution in [-0.4, -0.2) is 98.7 Å². The van der Waals surface area contributed by atoms with Crippen molar-refractivity contribution in [3.05, 3.63) is 41.5 Å². The minimum atomic E-state index is -1.52. The van der Waals surface area contributed by atoms with Gasteiger partial charge in [0.25, 0.3) is 0 Å². The minimum Gasteiger partial charge on any atom is -0.461 e. The van der Waals surface area contributed by atoms with Gasteiger partial charge in [0, 0.05) is 18.9 Å². The Bertz CT molecular complexity index is 1200. The quantitative estimate of drug-likeness (QED) is 0.327. The number of aliphatic imine (C=N–C) groups is 1. The van der Waals surface area contributed by atoms with Crippen LogP contribution in [0, 0.1) is 11.8 Å². The van der Waals surface area contributed by atoms with E-state index in [2.05, 4.69) is 11.0 Å². The van der Waals surface area contributed by atoms with Gasteiger partial charge in [-0.2, -0.15) is 0 Å². The first-order valence-corrected chi connectivity index (χ1v) is 13.1. The van der Waals surface area contributed by atoms with Crippen LogP contribution >= 0.6 is 0 Å². The number of esters is 1. The van der Waals surface area contributed by atoms with Crippen LogP contribution in [-0.2, 0) is 24.4 Å². The number of para-hydroxylation sites is 1. The zero-order valence-corrected chi connectivity index (χ0v) is 20.7. The van der Waals surface area contributed by atoms with Crippen molar-refractivity contribution in [2.45, 2.75) is 87.2 Å². The van der Waals surface area contributed by atoms with Crippen molar-refractivity contribution < 1.29 is 39.4 Å². The SMILES string of the molecule is C/C=C1\[C@H]2C[C@H]3C4=Nc5ccccc5[C@]45C[C@@H](C2C5OC(C)=O)N3[C@@H]1O[C@@H]1O[C@H](CO)[C@@H](O)[C@H](O)[C@H]1O. The Hall–Kier alpha value is -2.18. The van der Waals surface area contributed by atoms with E-state index in [0.717, 1.165) is 35.4 Å². The van der Waals surface area contributed by atoms with Gasteiger partial charge in [-0.05, 0) is 42.9 Å². The van der Waals surface area contributed by atoms with E-state index in [9.17, 15) is 25.2 Å². The highest BCUT2D eigenvalue weighted by Crippen LogP contribution is 2.67. The largest absolute Gasteiger partial charge is 0.461 e. The number of aliphatic hydroxyl groups is 4. The third-order valence-corrected chi connectivity index (χ3v) is 9.62. The van der Waals surface area contributed by atoms with Crippen LogP contribution in [0.1, 0.15) is 32.3 Å². The van der Waals surface area contributed by atoms with Crippen molar-refractivity contribution >= 4 is 17.4 Å². The summed E-state index contributed by atoms with van der Waals surface area (Å²) >= 11 is 0. The predicted molar refractivity (Wildman–Crippen MR) is 129 cm³/mol. The van der Waals surface area contributed by atoms with Crippen molar-refractivity contribution in [3.63, 3.8) is 0 Å². The van der Waals surface area contributed by atoms with Gasteiger partial charge in [0.15, 0.2) is 6.29 Å². The van der Waals surface area contributed by atoms with Gasteiger partial charge in [0.2, 0.25) is 0 Å². The lowest BCUT2D eigenvalue weighted by molar-refractivity contribution is -0.328. The second-order valence-electron chi connectivity index (χ2n) is 11.1. The van der Waals surface area contributed by atoms with Gasteiger partial charge in [-0.1, -0.05) is 24.3 Å². The maximum atomic E-state index is 12.4. The molecular weight excluding hydrogens is 480 g/mol. The standard InChI is InChI=1S/C27H32N2O8/c1-3-12-13-8-16-23-27(14-6-4-5-7-15(14)28-23)9-17(19(13)24(27)35-11(2)31)29(16)25(12)37-26-22(34)21(33)20(32)18(10-30)36-26/h3-7,13,16-22,24-26,30,32-34H,8-10H2,1-2H3/b12-3+/t13-,16+,17+,18-,19?,20-,21+,22-,24?,25-,26+,27-/m1/s1. The molecule has 10 heteroatoms. The summed E-state index contributed by atoms with van der Waals surface area (Å²) in [4.78, 5) is 19.8. The third-order valence-electron chi connectivity index (χ3n) is 9.62. The van der Waals surface area contributed by atoms with E-state index in [1.165, 1.54) is 6.92 Å². The molecule has 8 rings (SSSR count). The summed E-state index contributed by atoms with van der Waals surface area (Å²) in [7, 11) is 0. The summed E-state index contributed by atoms with van der Waals surface area (Å²) < 4.78 is 18.3. The fourth-order valence-electron chi connectivity index (χ4n) is 8.32. The zero-order valence-electron chi connectivity index (χ0n) is 20.7. The number of hydrogen-bond donors (Lipinski definition) is 4. The molecule has 0 radical (unpaired) electrons. The number of carbonyl (C=O) groups excluding carboxylic acids is 1. The number of piperidine rings is 4. The number of carbonyl (C=O) groups is 1. The molecule has 0 amide bonds. The van der Waals surface area contributed by atoms with Gasteiger partial charge in [-0.25, -0.2) is 0 Å². The van der Waals surface area contributed by atoms with Crippen molar-refractivity contribution in [2.75, 3.05) is 6.61 Å². The Labute approximate surface area is 214 Å². The highest BCUT2D eigenvalue weighted by Gasteiger charge is 2.75. The number of allylic oxidation sites excluding steroid dienone is 1. The number of aliphatic hydroxyl groups excluding tert-OH is 4. The Morgan fingerprint density at radius 1 is 1.24 bits per heavy atom. The van der Waals surface area contributed by atoms with Crippen LogP contribution in [0.4, 0.5) is 5.69 Å². The summed E-state index contributed by atoms with van der Waals surface area (Å²) in [5.74, 6) is -0.176. The smallest absolute Gasteiger partial charge is 0.302 e. The molecule has 13 atom stereocenters. The highest BCUT2D eigenvalue weighted by atomic mass is 16.7. The predicted octanol–water partition coefficient (Wildman–Crippen LogP) is 0.137. The highest BCUT2D eigenvalue weighted by molar-refractivity contribution is 6.08. The second-order valence-corrected chi connectivity index (χ2v) is 11.1. The van der Waals surface area contributed by atoms with Crippen molar-refractivity contribution in [3.8, 4) is 0 Å². The molecule has 1 saturated carbocycles. The maximum Gasteiger partial charge on any atom is 0.302 e. The summed E-state index contributed by atoms with van der Waals surface area (Å²) in [6.45, 7) is 2.89. The summed E-state index contributed by atoms with van der Waals surface area (Å²) in [6, 6.07) is 8.10. The lowest BCUT2D eigenvalue weighted by Crippen LogP contribution is -2.70. The molecule has 4 N–H and O–H groups in total. The molecule has 1 aromatic carbocycles. The summed E-state index contributed by atoms with van der Waals surface area (Å²) in [5.41, 5.74) is 3.57. The van der Waals surface area contributed by atoms with E-state index in [0.29, 0.717) is 0 Å². The molecule has 10 nitrogen and oxygen atoms in total. The topological polar surface area (TPSA) is 141 Å². The molecule has 1 spiro atoms. The van der Waals surface area contributed by atoms with Gasteiger partial charge >= 0.3 is 5.97 Å². The first-order valence-electron chi connectivity index (χ1n) is 13.1. The molecule has 1 aliphatic carbocycles. The number of fused-ring (bicyclic) bond motifs is 2. The first kappa shape index (κ1) is 23.9. The fraction of sp³-hybridized carbons (Fsp3) is 0.630. The Balaban J connectivity index is 1.30. The number of nitrogens with zero attached hydrogens (tertiary/aromatic N) is 2. The summed E-state index contributed by atoms with van der Waals surface area (Å²) in [6.07, 6.45) is -4.07. The van der Waals surface area contributed by atoms with E-state index < -0.39 is 49.0 Å². The van der Waals surface area contributed by atoms with E-state index in [4.69, 9.17) is 19.2 Å². The normalized spacial score (nSPS) is 49.7. The number of hydrogen-bond acceptors (Lipinski definition) is 10. The maximum absolute atomic E-state index is 12.4. The number of ether oxygens (including phenoxy) is 3. The molecule has 1 aromatic rings. The van der Waals surface area contributed by atoms with Crippen LogP contribution in [0.2, 0.25) is 0 Å². The molecule has 6 aliphatic heterocycles. The van der Waals surface area contributed by atoms with Crippen LogP contribution in [0.5, 0.6) is 0 Å². The molecule has 6 heterocycles. The van der Waals surface area contributed by atoms with Gasteiger partial charge in [0.1, 0.15) is 36.7 Å². The van der Waals surface area contributed by atoms with E-state index in [1.807, 2.05) is 31.2 Å². The minimum absolute atomic E-state index is 0.0495. The molecule has 198 valence electrons. The molecule has 5 saturated heterocycles. The van der Waals surface area contributed by atoms with Gasteiger partial charge < -0.3 is 34.6 Å². The van der Waals surface area contributed by atoms with E-state index in [1.54, 1.807) is 0 Å². The van der Waals surface area contributed by atoms with Gasteiger partial charge in [-0.3, -0.25) is 14.7 Å². The number of benzene rings is 1. The van der Waals surface area contributed by atoms with Crippen LogP contribution < -0.4 is 0 Å². The lowest BCUT2D eigenvalue weighted by Gasteiger charge is -2.59. The van der Waals surface area contributed by atoms with Gasteiger partial charge in [-0.15, -0.1) is 0 Å². The molecule has 5 bridgehead atoms. The molecule has 7 aliphatic rings. The fourth-order valence-corrected chi connectivity index (χ4v) is 8.32. The molecule has 37 heavy (non-hydrogen) atoms. The molecule has 0 aromatic heterocycles. The monoisotopic (exact) mass is 512 g/mol. The van der Waals surface area contributed by atoms with Crippen LogP contribution in [0.15, 0.2) is 40.9 Å². The van der Waals surface area contributed by atoms with E-state index >= 15 is 0 Å². The van der Waals surface area contributed by atoms with Crippen LogP contribution in [0.25, 0.3) is 0 Å². The van der Waals surface area contributed by atoms with E-state index in [-0.39, 0.29) is 36.0 Å². The zero-order chi connectivity index (χ0) is 25.8. The molecule has 3 unspecified atom stereocenters. The van der Waals surface area contributed by atoms with Crippen LogP contribution in [0.3, 0.4) is 0 Å². The second kappa shape index (κ2) is 8.16.